The van der Waals surface area contributed by atoms with Gasteiger partial charge in [0.2, 0.25) is 5.91 Å². The van der Waals surface area contributed by atoms with E-state index in [1.165, 1.54) is 0 Å². The maximum absolute atomic E-state index is 12.2. The van der Waals surface area contributed by atoms with E-state index >= 15 is 0 Å². The monoisotopic (exact) mass is 277 g/mol. The van der Waals surface area contributed by atoms with Crippen LogP contribution in [0.15, 0.2) is 22.8 Å². The third-order valence-corrected chi connectivity index (χ3v) is 4.75. The molecule has 0 radical (unpaired) electrons. The molecule has 2 N–H and O–H groups in total. The van der Waals surface area contributed by atoms with E-state index in [1.54, 1.807) is 6.26 Å². The Kier molecular flexibility index (Phi) is 3.81. The summed E-state index contributed by atoms with van der Waals surface area (Å²) in [7, 11) is 0. The number of furan rings is 1. The Balaban J connectivity index is 1.52. The van der Waals surface area contributed by atoms with Gasteiger partial charge in [-0.15, -0.1) is 0 Å². The average molecular weight is 277 g/mol. The molecule has 2 aliphatic rings. The highest BCUT2D eigenvalue weighted by Crippen LogP contribution is 2.31. The molecule has 4 unspecified atom stereocenters. The summed E-state index contributed by atoms with van der Waals surface area (Å²) in [5, 5.41) is 6.45. The molecule has 3 heterocycles. The molecule has 0 aromatic carbocycles. The van der Waals surface area contributed by atoms with Gasteiger partial charge in [0, 0.05) is 12.6 Å². The van der Waals surface area contributed by atoms with Crippen molar-refractivity contribution >= 4 is 5.91 Å². The van der Waals surface area contributed by atoms with Gasteiger partial charge < -0.3 is 15.1 Å². The first-order chi connectivity index (χ1) is 9.65. The van der Waals surface area contributed by atoms with Crippen LogP contribution in [0.25, 0.3) is 0 Å². The van der Waals surface area contributed by atoms with E-state index in [1.807, 2.05) is 19.1 Å². The van der Waals surface area contributed by atoms with Crippen LogP contribution in [0.3, 0.4) is 0 Å². The summed E-state index contributed by atoms with van der Waals surface area (Å²) >= 11 is 0. The highest BCUT2D eigenvalue weighted by molar-refractivity contribution is 5.78. The maximum Gasteiger partial charge on any atom is 0.234 e. The van der Waals surface area contributed by atoms with Crippen molar-refractivity contribution < 1.29 is 9.21 Å². The Bertz CT molecular complexity index is 460. The largest absolute Gasteiger partial charge is 0.467 e. The van der Waals surface area contributed by atoms with Gasteiger partial charge in [-0.05, 0) is 50.9 Å². The van der Waals surface area contributed by atoms with Gasteiger partial charge in [0.15, 0.2) is 0 Å². The number of carbonyl (C=O) groups is 1. The summed E-state index contributed by atoms with van der Waals surface area (Å²) in [6.07, 6.45) is 1.63. The molecule has 5 nitrogen and oxygen atoms in total. The molecular formula is C15H23N3O2. The maximum atomic E-state index is 12.2. The van der Waals surface area contributed by atoms with Crippen molar-refractivity contribution in [1.82, 2.24) is 15.5 Å². The van der Waals surface area contributed by atoms with Crippen molar-refractivity contribution in [2.75, 3.05) is 26.2 Å². The molecule has 110 valence electrons. The second kappa shape index (κ2) is 5.58. The van der Waals surface area contributed by atoms with E-state index < -0.39 is 0 Å². The molecule has 1 amide bonds. The number of carbonyl (C=O) groups excluding carboxylic acids is 1. The molecule has 2 aliphatic heterocycles. The minimum Gasteiger partial charge on any atom is -0.467 e. The normalized spacial score (nSPS) is 31.2. The third kappa shape index (κ3) is 2.60. The first-order valence-electron chi connectivity index (χ1n) is 7.42. The molecule has 5 heteroatoms. The van der Waals surface area contributed by atoms with Crippen LogP contribution in [0.1, 0.15) is 25.6 Å². The Labute approximate surface area is 119 Å². The van der Waals surface area contributed by atoms with Crippen molar-refractivity contribution in [2.24, 2.45) is 11.8 Å². The molecule has 1 aromatic rings. The van der Waals surface area contributed by atoms with Crippen molar-refractivity contribution in [3.8, 4) is 0 Å². The van der Waals surface area contributed by atoms with E-state index in [-0.39, 0.29) is 11.9 Å². The highest BCUT2D eigenvalue weighted by Gasteiger charge is 2.42. The van der Waals surface area contributed by atoms with E-state index in [4.69, 9.17) is 4.42 Å². The Morgan fingerprint density at radius 3 is 3.15 bits per heavy atom. The molecule has 0 spiro atoms. The van der Waals surface area contributed by atoms with Crippen LogP contribution in [-0.2, 0) is 4.79 Å². The van der Waals surface area contributed by atoms with Gasteiger partial charge in [-0.25, -0.2) is 0 Å². The molecule has 3 rings (SSSR count). The minimum absolute atomic E-state index is 0.0726. The average Bonchev–Trinajstić information content (AvgIpc) is 3.11. The lowest BCUT2D eigenvalue weighted by Gasteiger charge is -2.24. The number of nitrogens with one attached hydrogen (secondary N) is 2. The Hall–Kier alpha value is -1.33. The summed E-state index contributed by atoms with van der Waals surface area (Å²) < 4.78 is 5.31. The van der Waals surface area contributed by atoms with Gasteiger partial charge in [0.05, 0.1) is 18.8 Å². The van der Waals surface area contributed by atoms with Crippen LogP contribution in [-0.4, -0.2) is 43.0 Å². The molecule has 2 fully saturated rings. The number of hydrogen-bond donors (Lipinski definition) is 2. The van der Waals surface area contributed by atoms with E-state index in [0.717, 1.165) is 25.4 Å². The van der Waals surface area contributed by atoms with Crippen molar-refractivity contribution in [3.63, 3.8) is 0 Å². The van der Waals surface area contributed by atoms with Crippen LogP contribution < -0.4 is 10.6 Å². The Morgan fingerprint density at radius 2 is 2.45 bits per heavy atom. The quantitative estimate of drug-likeness (QED) is 0.862. The number of rotatable bonds is 4. The smallest absolute Gasteiger partial charge is 0.234 e. The first-order valence-corrected chi connectivity index (χ1v) is 7.42. The fraction of sp³-hybridized carbons (Fsp3) is 0.667. The van der Waals surface area contributed by atoms with Crippen molar-refractivity contribution in [1.29, 1.82) is 0 Å². The zero-order valence-corrected chi connectivity index (χ0v) is 12.1. The van der Waals surface area contributed by atoms with Gasteiger partial charge in [-0.2, -0.15) is 0 Å². The zero-order valence-electron chi connectivity index (χ0n) is 12.1. The number of hydrogen-bond acceptors (Lipinski definition) is 4. The first kappa shape index (κ1) is 13.6. The highest BCUT2D eigenvalue weighted by atomic mass is 16.3. The SMILES string of the molecule is CC(NC(=O)CN1CC2CNCC2C1C)c1ccco1. The lowest BCUT2D eigenvalue weighted by molar-refractivity contribution is -0.123. The lowest BCUT2D eigenvalue weighted by atomic mass is 9.95. The molecular weight excluding hydrogens is 254 g/mol. The summed E-state index contributed by atoms with van der Waals surface area (Å²) in [6.45, 7) is 7.88. The van der Waals surface area contributed by atoms with Gasteiger partial charge >= 0.3 is 0 Å². The second-order valence-corrected chi connectivity index (χ2v) is 6.06. The van der Waals surface area contributed by atoms with Gasteiger partial charge in [-0.1, -0.05) is 0 Å². The van der Waals surface area contributed by atoms with Gasteiger partial charge in [0.25, 0.3) is 0 Å². The van der Waals surface area contributed by atoms with E-state index in [9.17, 15) is 4.79 Å². The predicted molar refractivity (Wildman–Crippen MR) is 76.2 cm³/mol. The van der Waals surface area contributed by atoms with Crippen LogP contribution in [0.5, 0.6) is 0 Å². The minimum atomic E-state index is -0.0726. The molecule has 20 heavy (non-hydrogen) atoms. The summed E-state index contributed by atoms with van der Waals surface area (Å²) in [5.41, 5.74) is 0. The van der Waals surface area contributed by atoms with Crippen LogP contribution in [0, 0.1) is 11.8 Å². The van der Waals surface area contributed by atoms with E-state index in [2.05, 4.69) is 22.5 Å². The summed E-state index contributed by atoms with van der Waals surface area (Å²) in [4.78, 5) is 14.5. The third-order valence-electron chi connectivity index (χ3n) is 4.75. The number of nitrogens with zero attached hydrogens (tertiary/aromatic N) is 1. The molecule has 2 saturated heterocycles. The van der Waals surface area contributed by atoms with Crippen LogP contribution in [0.2, 0.25) is 0 Å². The van der Waals surface area contributed by atoms with Crippen molar-refractivity contribution in [2.45, 2.75) is 25.9 Å². The zero-order chi connectivity index (χ0) is 14.1. The molecule has 0 saturated carbocycles. The van der Waals surface area contributed by atoms with Gasteiger partial charge in [0.1, 0.15) is 5.76 Å². The molecule has 1 aromatic heterocycles. The Morgan fingerprint density at radius 1 is 1.60 bits per heavy atom. The number of fused-ring (bicyclic) bond motifs is 1. The topological polar surface area (TPSA) is 57.5 Å². The van der Waals surface area contributed by atoms with E-state index in [0.29, 0.717) is 24.4 Å². The summed E-state index contributed by atoms with van der Waals surface area (Å²) in [6, 6.07) is 4.14. The standard InChI is InChI=1S/C15H23N3O2/c1-10(14-4-3-5-20-14)17-15(19)9-18-8-12-6-16-7-13(12)11(18)2/h3-5,10-13,16H,6-9H2,1-2H3,(H,17,19). The molecule has 4 atom stereocenters. The second-order valence-electron chi connectivity index (χ2n) is 6.06. The van der Waals surface area contributed by atoms with Crippen LogP contribution >= 0.6 is 0 Å². The molecule has 0 aliphatic carbocycles. The van der Waals surface area contributed by atoms with Gasteiger partial charge in [-0.3, -0.25) is 9.69 Å². The lowest BCUT2D eigenvalue weighted by Crippen LogP contribution is -2.41. The van der Waals surface area contributed by atoms with Crippen LogP contribution in [0.4, 0.5) is 0 Å². The summed E-state index contributed by atoms with van der Waals surface area (Å²) in [5.74, 6) is 2.29. The van der Waals surface area contributed by atoms with Crippen molar-refractivity contribution in [3.05, 3.63) is 24.2 Å². The number of amides is 1. The molecule has 0 bridgehead atoms. The fourth-order valence-electron chi connectivity index (χ4n) is 3.54. The number of likely N-dealkylation sites (tertiary alicyclic amines) is 1. The fourth-order valence-corrected chi connectivity index (χ4v) is 3.54. The predicted octanol–water partition coefficient (Wildman–Crippen LogP) is 0.996.